The fraction of sp³-hybridized carbons (Fsp3) is 0.379. The van der Waals surface area contributed by atoms with Gasteiger partial charge in [-0.05, 0) is 59.3 Å². The first-order valence-corrected chi connectivity index (χ1v) is 24.4. The van der Waals surface area contributed by atoms with E-state index in [-0.39, 0.29) is 24.4 Å². The van der Waals surface area contributed by atoms with Crippen LogP contribution in [0.3, 0.4) is 0 Å². The van der Waals surface area contributed by atoms with Crippen LogP contribution in [0.4, 0.5) is 0 Å². The van der Waals surface area contributed by atoms with Crippen LogP contribution in [0.25, 0.3) is 0 Å². The minimum absolute atomic E-state index is 0.304. The molecule has 10 nitrogen and oxygen atoms in total. The summed E-state index contributed by atoms with van der Waals surface area (Å²) in [6.07, 6.45) is -2.58. The van der Waals surface area contributed by atoms with E-state index in [0.717, 1.165) is 33.4 Å². The van der Waals surface area contributed by atoms with E-state index >= 15 is 0 Å². The third-order valence-corrected chi connectivity index (χ3v) is 13.1. The molecule has 3 aliphatic heterocycles. The van der Waals surface area contributed by atoms with Gasteiger partial charge in [-0.3, -0.25) is 0 Å². The molecule has 4 bridgehead atoms. The standard InChI is InChI=1S/C58H66N2O8/c1-7-19-43(20-8-1)37-61-53-49-31-33-59-36-52-56(64-40-46-25-13-4-14-26-46)58(66-42-48-29-17-6-18-30-48)54(62-38-44-21-9-2-10-22-44)50(68-52)32-34-60-35-51(67-49)55(63-39-45-23-11-3-12-24-45)57(53)65-41-47-27-15-5-16-28-47/h1-30,49-60H,31-42H2/t49-,50-,51-,52-,53+,54+,55-,56-,57-,58-/m1/s1. The van der Waals surface area contributed by atoms with Gasteiger partial charge in [0.05, 0.1) is 64.1 Å². The molecule has 0 radical (unpaired) electrons. The molecule has 0 aromatic heterocycles. The molecule has 0 spiro atoms. The molecule has 3 fully saturated rings. The molecule has 2 N–H and O–H groups in total. The SMILES string of the molecule is c1ccc(CO[C@@H]2[C@@H](OCc3ccccc3)[C@H]3CCNC[C@H]4O[C@H](CCNC[C@@H](O3)[C@H]2OCc2ccccc2)[C@H](OCc2ccccc2)[C@@H](OCc2ccccc2)[C@@H]4OCc2ccccc2)cc1. The number of benzene rings is 6. The van der Waals surface area contributed by atoms with Crippen LogP contribution in [-0.2, 0) is 77.5 Å². The monoisotopic (exact) mass is 918 g/mol. The van der Waals surface area contributed by atoms with Crippen molar-refractivity contribution in [3.63, 3.8) is 0 Å². The van der Waals surface area contributed by atoms with E-state index in [4.69, 9.17) is 37.9 Å². The number of fused-ring (bicyclic) bond motifs is 4. The summed E-state index contributed by atoms with van der Waals surface area (Å²) in [7, 11) is 0. The summed E-state index contributed by atoms with van der Waals surface area (Å²) in [6.45, 7) is 4.79. The predicted molar refractivity (Wildman–Crippen MR) is 262 cm³/mol. The normalized spacial score (nSPS) is 26.6. The molecule has 3 saturated heterocycles. The van der Waals surface area contributed by atoms with Crippen LogP contribution in [0.1, 0.15) is 46.2 Å². The number of nitrogens with one attached hydrogen (secondary N) is 2. The lowest BCUT2D eigenvalue weighted by atomic mass is 9.90. The maximum Gasteiger partial charge on any atom is 0.115 e. The summed E-state index contributed by atoms with van der Waals surface area (Å²) < 4.78 is 56.2. The first-order chi connectivity index (χ1) is 33.7. The second kappa shape index (κ2) is 25.5. The summed E-state index contributed by atoms with van der Waals surface area (Å²) in [6, 6.07) is 61.8. The van der Waals surface area contributed by atoms with Crippen LogP contribution < -0.4 is 10.6 Å². The zero-order chi connectivity index (χ0) is 46.0. The van der Waals surface area contributed by atoms with Crippen LogP contribution >= 0.6 is 0 Å². The van der Waals surface area contributed by atoms with Gasteiger partial charge in [0.2, 0.25) is 0 Å². The van der Waals surface area contributed by atoms with E-state index in [2.05, 4.69) is 83.4 Å². The van der Waals surface area contributed by atoms with Gasteiger partial charge in [0.1, 0.15) is 36.6 Å². The minimum Gasteiger partial charge on any atom is -0.368 e. The molecule has 6 aromatic rings. The highest BCUT2D eigenvalue weighted by atomic mass is 16.6. The van der Waals surface area contributed by atoms with E-state index in [1.54, 1.807) is 0 Å². The molecular formula is C58H66N2O8. The molecule has 10 heteroatoms. The maximum absolute atomic E-state index is 7.18. The van der Waals surface area contributed by atoms with Crippen LogP contribution in [0.15, 0.2) is 182 Å². The smallest absolute Gasteiger partial charge is 0.115 e. The molecule has 0 saturated carbocycles. The Labute approximate surface area is 402 Å². The van der Waals surface area contributed by atoms with Gasteiger partial charge in [-0.25, -0.2) is 0 Å². The zero-order valence-electron chi connectivity index (χ0n) is 38.8. The average Bonchev–Trinajstić information content (AvgIpc) is 3.39. The Morgan fingerprint density at radius 1 is 0.294 bits per heavy atom. The minimum atomic E-state index is -0.445. The Morgan fingerprint density at radius 3 is 0.765 bits per heavy atom. The molecule has 68 heavy (non-hydrogen) atoms. The number of hydrogen-bond donors (Lipinski definition) is 2. The molecule has 10 atom stereocenters. The third-order valence-electron chi connectivity index (χ3n) is 13.1. The molecule has 9 rings (SSSR count). The Bertz CT molecular complexity index is 2020. The van der Waals surface area contributed by atoms with Gasteiger partial charge in [-0.1, -0.05) is 182 Å². The molecule has 356 valence electrons. The Hall–Kier alpha value is -5.08. The second-order valence-corrected chi connectivity index (χ2v) is 18.0. The van der Waals surface area contributed by atoms with Crippen LogP contribution in [0, 0.1) is 0 Å². The van der Waals surface area contributed by atoms with Gasteiger partial charge >= 0.3 is 0 Å². The lowest BCUT2D eigenvalue weighted by molar-refractivity contribution is -0.268. The van der Waals surface area contributed by atoms with Gasteiger partial charge in [0.25, 0.3) is 0 Å². The van der Waals surface area contributed by atoms with Crippen molar-refractivity contribution in [1.29, 1.82) is 0 Å². The third kappa shape index (κ3) is 13.6. The number of hydrogen-bond acceptors (Lipinski definition) is 10. The predicted octanol–water partition coefficient (Wildman–Crippen LogP) is 9.01. The Kier molecular flexibility index (Phi) is 18.0. The van der Waals surface area contributed by atoms with E-state index in [1.807, 2.05) is 109 Å². The van der Waals surface area contributed by atoms with Crippen molar-refractivity contribution in [3.8, 4) is 0 Å². The second-order valence-electron chi connectivity index (χ2n) is 18.0. The lowest BCUT2D eigenvalue weighted by Gasteiger charge is -2.48. The van der Waals surface area contributed by atoms with Crippen LogP contribution in [0.5, 0.6) is 0 Å². The summed E-state index contributed by atoms with van der Waals surface area (Å²) >= 11 is 0. The average molecular weight is 919 g/mol. The van der Waals surface area contributed by atoms with Crippen molar-refractivity contribution in [2.75, 3.05) is 26.2 Å². The number of rotatable bonds is 18. The van der Waals surface area contributed by atoms with Gasteiger partial charge in [0.15, 0.2) is 0 Å². The van der Waals surface area contributed by atoms with E-state index < -0.39 is 36.6 Å². The summed E-state index contributed by atoms with van der Waals surface area (Å²) in [5, 5.41) is 7.59. The van der Waals surface area contributed by atoms with E-state index in [9.17, 15) is 0 Å². The van der Waals surface area contributed by atoms with Crippen molar-refractivity contribution >= 4 is 0 Å². The summed E-state index contributed by atoms with van der Waals surface area (Å²) in [5.74, 6) is 0. The molecule has 6 aromatic carbocycles. The molecule has 0 unspecified atom stereocenters. The topological polar surface area (TPSA) is 97.9 Å². The molecule has 0 amide bonds. The highest BCUT2D eigenvalue weighted by Gasteiger charge is 2.50. The van der Waals surface area contributed by atoms with Crippen molar-refractivity contribution in [1.82, 2.24) is 10.6 Å². The summed E-state index contributed by atoms with van der Waals surface area (Å²) in [5.41, 5.74) is 6.50. The fourth-order valence-corrected chi connectivity index (χ4v) is 9.54. The highest BCUT2D eigenvalue weighted by Crippen LogP contribution is 2.34. The van der Waals surface area contributed by atoms with Crippen molar-refractivity contribution in [3.05, 3.63) is 215 Å². The van der Waals surface area contributed by atoms with Gasteiger partial charge < -0.3 is 48.5 Å². The van der Waals surface area contributed by atoms with Crippen molar-refractivity contribution in [2.45, 2.75) is 114 Å². The Balaban J connectivity index is 1.01. The molecule has 3 aliphatic rings. The maximum atomic E-state index is 7.18. The van der Waals surface area contributed by atoms with Gasteiger partial charge in [-0.15, -0.1) is 0 Å². The Morgan fingerprint density at radius 2 is 0.515 bits per heavy atom. The van der Waals surface area contributed by atoms with E-state index in [1.165, 1.54) is 0 Å². The van der Waals surface area contributed by atoms with Crippen molar-refractivity contribution in [2.24, 2.45) is 0 Å². The molecular weight excluding hydrogens is 853 g/mol. The first kappa shape index (κ1) is 48.0. The van der Waals surface area contributed by atoms with Gasteiger partial charge in [-0.2, -0.15) is 0 Å². The van der Waals surface area contributed by atoms with E-state index in [0.29, 0.717) is 78.7 Å². The number of ether oxygens (including phenoxy) is 8. The zero-order valence-corrected chi connectivity index (χ0v) is 38.8. The quantitative estimate of drug-likeness (QED) is 0.0870. The largest absolute Gasteiger partial charge is 0.368 e. The van der Waals surface area contributed by atoms with Crippen LogP contribution in [0.2, 0.25) is 0 Å². The first-order valence-electron chi connectivity index (χ1n) is 24.4. The van der Waals surface area contributed by atoms with Crippen molar-refractivity contribution < 1.29 is 37.9 Å². The highest BCUT2D eigenvalue weighted by molar-refractivity contribution is 5.18. The van der Waals surface area contributed by atoms with Gasteiger partial charge in [0, 0.05) is 13.1 Å². The summed E-state index contributed by atoms with van der Waals surface area (Å²) in [4.78, 5) is 0. The molecule has 0 aliphatic carbocycles. The van der Waals surface area contributed by atoms with Crippen LogP contribution in [-0.4, -0.2) is 87.2 Å². The fourth-order valence-electron chi connectivity index (χ4n) is 9.54. The molecule has 3 heterocycles. The lowest BCUT2D eigenvalue weighted by Crippen LogP contribution is -2.64.